The zero-order valence-corrected chi connectivity index (χ0v) is 15.6. The van der Waals surface area contributed by atoms with Crippen molar-refractivity contribution < 1.29 is 18.3 Å². The first-order valence-corrected chi connectivity index (χ1v) is 8.73. The number of nitrogens with zero attached hydrogens (tertiary/aromatic N) is 1. The molecule has 1 atom stereocenters. The largest absolute Gasteiger partial charge is 0.467 e. The Kier molecular flexibility index (Phi) is 5.91. The van der Waals surface area contributed by atoms with E-state index in [4.69, 9.17) is 9.47 Å². The van der Waals surface area contributed by atoms with Crippen LogP contribution in [0.15, 0.2) is 35.3 Å². The van der Waals surface area contributed by atoms with Gasteiger partial charge in [0.05, 0.1) is 12.6 Å². The molecule has 3 rings (SSSR count). The molecule has 0 aliphatic carbocycles. The summed E-state index contributed by atoms with van der Waals surface area (Å²) in [6.07, 6.45) is 0. The van der Waals surface area contributed by atoms with Crippen molar-refractivity contribution >= 4 is 5.96 Å². The van der Waals surface area contributed by atoms with Gasteiger partial charge in [0, 0.05) is 24.7 Å². The van der Waals surface area contributed by atoms with E-state index >= 15 is 0 Å². The lowest BCUT2D eigenvalue weighted by molar-refractivity contribution is -0.0172. The van der Waals surface area contributed by atoms with Crippen LogP contribution < -0.4 is 15.4 Å². The van der Waals surface area contributed by atoms with Crippen LogP contribution in [0.5, 0.6) is 5.75 Å². The summed E-state index contributed by atoms with van der Waals surface area (Å²) in [7, 11) is 1.64. The third-order valence-corrected chi connectivity index (χ3v) is 4.47. The summed E-state index contributed by atoms with van der Waals surface area (Å²) in [5, 5.41) is 6.35. The van der Waals surface area contributed by atoms with Crippen molar-refractivity contribution in [3.05, 3.63) is 64.2 Å². The van der Waals surface area contributed by atoms with Crippen molar-refractivity contribution in [3.8, 4) is 5.75 Å². The minimum absolute atomic E-state index is 0.147. The first-order chi connectivity index (χ1) is 13.0. The van der Waals surface area contributed by atoms with Crippen LogP contribution in [-0.4, -0.2) is 19.8 Å². The molecule has 5 nitrogen and oxygen atoms in total. The van der Waals surface area contributed by atoms with Crippen molar-refractivity contribution in [1.82, 2.24) is 10.6 Å². The number of hydrogen-bond donors (Lipinski definition) is 2. The molecule has 144 valence electrons. The SMILES string of the molecule is CN=C(NCc1cc(F)cc2c1OCOC2)NC(C)c1ccc(C)c(F)c1. The zero-order valence-electron chi connectivity index (χ0n) is 15.6. The van der Waals surface area contributed by atoms with Crippen LogP contribution in [-0.2, 0) is 17.9 Å². The summed E-state index contributed by atoms with van der Waals surface area (Å²) < 4.78 is 38.4. The number of aliphatic imine (C=N–C) groups is 1. The van der Waals surface area contributed by atoms with Gasteiger partial charge in [-0.3, -0.25) is 4.99 Å². The Bertz CT molecular complexity index is 855. The Hall–Kier alpha value is -2.67. The van der Waals surface area contributed by atoms with Gasteiger partial charge in [-0.2, -0.15) is 0 Å². The van der Waals surface area contributed by atoms with Gasteiger partial charge in [0.15, 0.2) is 12.8 Å². The summed E-state index contributed by atoms with van der Waals surface area (Å²) in [6, 6.07) is 7.83. The summed E-state index contributed by atoms with van der Waals surface area (Å²) >= 11 is 0. The molecular weight excluding hydrogens is 352 g/mol. The maximum Gasteiger partial charge on any atom is 0.191 e. The predicted octanol–water partition coefficient (Wildman–Crippen LogP) is 3.57. The van der Waals surface area contributed by atoms with Crippen molar-refractivity contribution in [3.63, 3.8) is 0 Å². The molecule has 2 aromatic carbocycles. The van der Waals surface area contributed by atoms with Crippen LogP contribution in [0.25, 0.3) is 0 Å². The fourth-order valence-electron chi connectivity index (χ4n) is 2.93. The van der Waals surface area contributed by atoms with Gasteiger partial charge in [0.2, 0.25) is 0 Å². The van der Waals surface area contributed by atoms with Gasteiger partial charge in [-0.15, -0.1) is 0 Å². The smallest absolute Gasteiger partial charge is 0.191 e. The number of hydrogen-bond acceptors (Lipinski definition) is 3. The molecular formula is C20H23F2N3O2. The lowest BCUT2D eigenvalue weighted by Crippen LogP contribution is -2.38. The molecule has 0 saturated carbocycles. The highest BCUT2D eigenvalue weighted by atomic mass is 19.1. The quantitative estimate of drug-likeness (QED) is 0.634. The van der Waals surface area contributed by atoms with E-state index in [2.05, 4.69) is 15.6 Å². The lowest BCUT2D eigenvalue weighted by atomic mass is 10.1. The van der Waals surface area contributed by atoms with Crippen LogP contribution in [0.4, 0.5) is 8.78 Å². The Morgan fingerprint density at radius 2 is 2.07 bits per heavy atom. The number of nitrogens with one attached hydrogen (secondary N) is 2. The molecule has 2 N–H and O–H groups in total. The van der Waals surface area contributed by atoms with Gasteiger partial charge in [0.25, 0.3) is 0 Å². The number of fused-ring (bicyclic) bond motifs is 1. The fourth-order valence-corrected chi connectivity index (χ4v) is 2.93. The first-order valence-electron chi connectivity index (χ1n) is 8.73. The third-order valence-electron chi connectivity index (χ3n) is 4.47. The monoisotopic (exact) mass is 375 g/mol. The van der Waals surface area contributed by atoms with E-state index in [-0.39, 0.29) is 24.5 Å². The molecule has 0 fully saturated rings. The highest BCUT2D eigenvalue weighted by molar-refractivity contribution is 5.80. The van der Waals surface area contributed by atoms with E-state index in [1.54, 1.807) is 20.0 Å². The van der Waals surface area contributed by atoms with Gasteiger partial charge in [-0.1, -0.05) is 12.1 Å². The number of ether oxygens (including phenoxy) is 2. The van der Waals surface area contributed by atoms with Gasteiger partial charge < -0.3 is 20.1 Å². The number of benzene rings is 2. The summed E-state index contributed by atoms with van der Waals surface area (Å²) in [6.45, 7) is 4.44. The van der Waals surface area contributed by atoms with E-state index < -0.39 is 0 Å². The molecule has 1 unspecified atom stereocenters. The first kappa shape index (κ1) is 19.1. The second-order valence-corrected chi connectivity index (χ2v) is 6.46. The van der Waals surface area contributed by atoms with E-state index in [9.17, 15) is 8.78 Å². The van der Waals surface area contributed by atoms with Gasteiger partial charge in [-0.25, -0.2) is 8.78 Å². The maximum atomic E-state index is 13.8. The molecule has 7 heteroatoms. The zero-order chi connectivity index (χ0) is 19.4. The number of halogens is 2. The van der Waals surface area contributed by atoms with Crippen molar-refractivity contribution in [1.29, 1.82) is 0 Å². The normalized spacial score (nSPS) is 14.9. The highest BCUT2D eigenvalue weighted by Crippen LogP contribution is 2.29. The van der Waals surface area contributed by atoms with E-state index in [0.29, 0.717) is 41.6 Å². The van der Waals surface area contributed by atoms with Gasteiger partial charge in [-0.05, 0) is 43.2 Å². The summed E-state index contributed by atoms with van der Waals surface area (Å²) in [5.41, 5.74) is 2.78. The molecule has 0 saturated heterocycles. The lowest BCUT2D eigenvalue weighted by Gasteiger charge is -2.22. The van der Waals surface area contributed by atoms with Crippen molar-refractivity contribution in [2.24, 2.45) is 4.99 Å². The van der Waals surface area contributed by atoms with Crippen LogP contribution in [0.2, 0.25) is 0 Å². The molecule has 0 bridgehead atoms. The number of guanidine groups is 1. The Balaban J connectivity index is 1.68. The minimum atomic E-state index is -0.342. The molecule has 0 spiro atoms. The van der Waals surface area contributed by atoms with Crippen LogP contribution in [0.1, 0.15) is 35.2 Å². The fraction of sp³-hybridized carbons (Fsp3) is 0.350. The van der Waals surface area contributed by atoms with Crippen molar-refractivity contribution in [2.45, 2.75) is 33.0 Å². The second-order valence-electron chi connectivity index (χ2n) is 6.46. The molecule has 1 aliphatic rings. The van der Waals surface area contributed by atoms with E-state index in [1.165, 1.54) is 18.2 Å². The van der Waals surface area contributed by atoms with Gasteiger partial charge >= 0.3 is 0 Å². The average molecular weight is 375 g/mol. The molecule has 27 heavy (non-hydrogen) atoms. The Labute approximate surface area is 157 Å². The number of aryl methyl sites for hydroxylation is 1. The Morgan fingerprint density at radius 1 is 1.26 bits per heavy atom. The summed E-state index contributed by atoms with van der Waals surface area (Å²) in [5.74, 6) is 0.578. The van der Waals surface area contributed by atoms with E-state index in [1.807, 2.05) is 13.0 Å². The average Bonchev–Trinajstić information content (AvgIpc) is 2.66. The topological polar surface area (TPSA) is 54.9 Å². The molecule has 1 aliphatic heterocycles. The molecule has 0 radical (unpaired) electrons. The number of rotatable bonds is 4. The minimum Gasteiger partial charge on any atom is -0.467 e. The Morgan fingerprint density at radius 3 is 2.81 bits per heavy atom. The molecule has 0 aromatic heterocycles. The maximum absolute atomic E-state index is 13.8. The molecule has 0 amide bonds. The highest BCUT2D eigenvalue weighted by Gasteiger charge is 2.17. The summed E-state index contributed by atoms with van der Waals surface area (Å²) in [4.78, 5) is 4.18. The van der Waals surface area contributed by atoms with E-state index in [0.717, 1.165) is 5.56 Å². The van der Waals surface area contributed by atoms with Crippen molar-refractivity contribution in [2.75, 3.05) is 13.8 Å². The molecule has 1 heterocycles. The third kappa shape index (κ3) is 4.54. The second kappa shape index (κ2) is 8.35. The molecule has 2 aromatic rings. The van der Waals surface area contributed by atoms with Crippen LogP contribution in [0, 0.1) is 18.6 Å². The standard InChI is InChI=1S/C20H23F2N3O2/c1-12-4-5-14(8-18(12)22)13(2)25-20(23-3)24-9-15-6-17(21)7-16-10-26-11-27-19(15)16/h4-8,13H,9-11H2,1-3H3,(H2,23,24,25). The van der Waals surface area contributed by atoms with Gasteiger partial charge in [0.1, 0.15) is 17.4 Å². The van der Waals surface area contributed by atoms with Crippen LogP contribution in [0.3, 0.4) is 0 Å². The predicted molar refractivity (Wildman–Crippen MR) is 99.6 cm³/mol. The van der Waals surface area contributed by atoms with Crippen LogP contribution >= 0.6 is 0 Å².